The van der Waals surface area contributed by atoms with Crippen molar-refractivity contribution in [2.45, 2.75) is 39.2 Å². The summed E-state index contributed by atoms with van der Waals surface area (Å²) in [5.41, 5.74) is 1.05. The molecular formula is C17H25FN2O. The van der Waals surface area contributed by atoms with E-state index in [2.05, 4.69) is 24.5 Å². The molecule has 0 aliphatic carbocycles. The van der Waals surface area contributed by atoms with Crippen LogP contribution in [0.5, 0.6) is 0 Å². The van der Waals surface area contributed by atoms with Gasteiger partial charge in [0.2, 0.25) is 5.91 Å². The molecule has 21 heavy (non-hydrogen) atoms. The third-order valence-corrected chi connectivity index (χ3v) is 4.17. The van der Waals surface area contributed by atoms with Crippen LogP contribution < -0.4 is 10.6 Å². The van der Waals surface area contributed by atoms with Gasteiger partial charge in [-0.1, -0.05) is 26.0 Å². The molecule has 1 aromatic carbocycles. The molecule has 0 radical (unpaired) electrons. The smallest absolute Gasteiger partial charge is 0.224 e. The van der Waals surface area contributed by atoms with E-state index in [1.807, 2.05) is 0 Å². The summed E-state index contributed by atoms with van der Waals surface area (Å²) in [6.45, 7) is 5.99. The predicted octanol–water partition coefficient (Wildman–Crippen LogP) is 2.51. The van der Waals surface area contributed by atoms with E-state index in [-0.39, 0.29) is 23.7 Å². The second kappa shape index (κ2) is 7.55. The van der Waals surface area contributed by atoms with Crippen molar-refractivity contribution in [3.8, 4) is 0 Å². The number of rotatable bonds is 5. The Balaban J connectivity index is 1.95. The van der Waals surface area contributed by atoms with Crippen LogP contribution in [0.15, 0.2) is 24.3 Å². The predicted molar refractivity (Wildman–Crippen MR) is 82.5 cm³/mol. The second-order valence-corrected chi connectivity index (χ2v) is 6.23. The van der Waals surface area contributed by atoms with Gasteiger partial charge in [-0.25, -0.2) is 4.39 Å². The molecule has 4 heteroatoms. The molecule has 0 spiro atoms. The molecule has 2 unspecified atom stereocenters. The van der Waals surface area contributed by atoms with E-state index in [4.69, 9.17) is 0 Å². The van der Waals surface area contributed by atoms with Crippen LogP contribution in [-0.4, -0.2) is 25.0 Å². The molecule has 2 rings (SSSR count). The molecule has 1 aromatic rings. The second-order valence-electron chi connectivity index (χ2n) is 6.23. The van der Waals surface area contributed by atoms with Gasteiger partial charge < -0.3 is 10.6 Å². The van der Waals surface area contributed by atoms with E-state index in [1.165, 1.54) is 12.1 Å². The zero-order valence-corrected chi connectivity index (χ0v) is 12.9. The largest absolute Gasteiger partial charge is 0.352 e. The van der Waals surface area contributed by atoms with Crippen molar-refractivity contribution in [1.82, 2.24) is 10.6 Å². The van der Waals surface area contributed by atoms with Gasteiger partial charge >= 0.3 is 0 Å². The third-order valence-electron chi connectivity index (χ3n) is 4.17. The zero-order valence-electron chi connectivity index (χ0n) is 12.9. The van der Waals surface area contributed by atoms with Crippen LogP contribution in [0.3, 0.4) is 0 Å². The minimum atomic E-state index is -0.225. The Hall–Kier alpha value is -1.42. The molecule has 1 heterocycles. The lowest BCUT2D eigenvalue weighted by molar-refractivity contribution is -0.126. The standard InChI is InChI=1S/C17H25FN2O/c1-12(2)16(10-13-5-7-15(18)8-6-13)20-17(21)14-4-3-9-19-11-14/h5-8,12,14,16,19H,3-4,9-11H2,1-2H3,(H,20,21). The molecule has 1 amide bonds. The van der Waals surface area contributed by atoms with Gasteiger partial charge in [0.15, 0.2) is 0 Å². The van der Waals surface area contributed by atoms with Crippen molar-refractivity contribution in [2.24, 2.45) is 11.8 Å². The Morgan fingerprint density at radius 1 is 1.38 bits per heavy atom. The summed E-state index contributed by atoms with van der Waals surface area (Å²) >= 11 is 0. The highest BCUT2D eigenvalue weighted by Crippen LogP contribution is 2.14. The van der Waals surface area contributed by atoms with Gasteiger partial charge in [-0.15, -0.1) is 0 Å². The van der Waals surface area contributed by atoms with Crippen LogP contribution in [0.4, 0.5) is 4.39 Å². The summed E-state index contributed by atoms with van der Waals surface area (Å²) in [7, 11) is 0. The van der Waals surface area contributed by atoms with Crippen LogP contribution >= 0.6 is 0 Å². The maximum absolute atomic E-state index is 13.0. The molecule has 1 saturated heterocycles. The molecule has 1 fully saturated rings. The highest BCUT2D eigenvalue weighted by Gasteiger charge is 2.24. The number of carbonyl (C=O) groups is 1. The van der Waals surface area contributed by atoms with Crippen LogP contribution in [0, 0.1) is 17.7 Å². The van der Waals surface area contributed by atoms with E-state index >= 15 is 0 Å². The van der Waals surface area contributed by atoms with Gasteiger partial charge in [0.1, 0.15) is 5.82 Å². The molecule has 116 valence electrons. The van der Waals surface area contributed by atoms with E-state index < -0.39 is 0 Å². The lowest BCUT2D eigenvalue weighted by Gasteiger charge is -2.27. The minimum absolute atomic E-state index is 0.0771. The molecule has 2 atom stereocenters. The summed E-state index contributed by atoms with van der Waals surface area (Å²) in [5, 5.41) is 6.45. The summed E-state index contributed by atoms with van der Waals surface area (Å²) in [6, 6.07) is 6.61. The SMILES string of the molecule is CC(C)C(Cc1ccc(F)cc1)NC(=O)C1CCCNC1. The van der Waals surface area contributed by atoms with Gasteiger partial charge in [0.25, 0.3) is 0 Å². The molecule has 2 N–H and O–H groups in total. The number of carbonyl (C=O) groups excluding carboxylic acids is 1. The average molecular weight is 292 g/mol. The van der Waals surface area contributed by atoms with Crippen molar-refractivity contribution < 1.29 is 9.18 Å². The van der Waals surface area contributed by atoms with Crippen LogP contribution in [0.2, 0.25) is 0 Å². The van der Waals surface area contributed by atoms with Gasteiger partial charge in [-0.05, 0) is 49.4 Å². The number of halogens is 1. The molecular weight excluding hydrogens is 267 g/mol. The highest BCUT2D eigenvalue weighted by atomic mass is 19.1. The minimum Gasteiger partial charge on any atom is -0.352 e. The normalized spacial score (nSPS) is 20.3. The molecule has 1 aliphatic rings. The van der Waals surface area contributed by atoms with E-state index in [0.717, 1.165) is 37.9 Å². The Kier molecular flexibility index (Phi) is 5.74. The third kappa shape index (κ3) is 4.81. The van der Waals surface area contributed by atoms with E-state index in [1.54, 1.807) is 12.1 Å². The Morgan fingerprint density at radius 3 is 2.67 bits per heavy atom. The zero-order chi connectivity index (χ0) is 15.2. The first-order valence-electron chi connectivity index (χ1n) is 7.82. The Bertz CT molecular complexity index is 452. The van der Waals surface area contributed by atoms with Crippen LogP contribution in [-0.2, 0) is 11.2 Å². The first-order chi connectivity index (χ1) is 10.1. The average Bonchev–Trinajstić information content (AvgIpc) is 2.49. The summed E-state index contributed by atoms with van der Waals surface area (Å²) in [5.74, 6) is 0.337. The lowest BCUT2D eigenvalue weighted by atomic mass is 9.93. The number of nitrogens with one attached hydrogen (secondary N) is 2. The fraction of sp³-hybridized carbons (Fsp3) is 0.588. The Morgan fingerprint density at radius 2 is 2.10 bits per heavy atom. The van der Waals surface area contributed by atoms with Crippen LogP contribution in [0.25, 0.3) is 0 Å². The fourth-order valence-electron chi connectivity index (χ4n) is 2.70. The fourth-order valence-corrected chi connectivity index (χ4v) is 2.70. The van der Waals surface area contributed by atoms with Crippen molar-refractivity contribution in [1.29, 1.82) is 0 Å². The number of hydrogen-bond acceptors (Lipinski definition) is 2. The topological polar surface area (TPSA) is 41.1 Å². The molecule has 1 aliphatic heterocycles. The van der Waals surface area contributed by atoms with Gasteiger partial charge in [0, 0.05) is 12.6 Å². The number of benzene rings is 1. The summed E-state index contributed by atoms with van der Waals surface area (Å²) in [6.07, 6.45) is 2.76. The van der Waals surface area contributed by atoms with Crippen LogP contribution in [0.1, 0.15) is 32.3 Å². The molecule has 3 nitrogen and oxygen atoms in total. The maximum atomic E-state index is 13.0. The van der Waals surface area contributed by atoms with E-state index in [0.29, 0.717) is 5.92 Å². The van der Waals surface area contributed by atoms with Crippen molar-refractivity contribution in [3.05, 3.63) is 35.6 Å². The molecule has 0 saturated carbocycles. The first kappa shape index (κ1) is 16.0. The van der Waals surface area contributed by atoms with Gasteiger partial charge in [0.05, 0.1) is 5.92 Å². The Labute approximate surface area is 126 Å². The number of piperidine rings is 1. The molecule has 0 aromatic heterocycles. The maximum Gasteiger partial charge on any atom is 0.224 e. The number of hydrogen-bond donors (Lipinski definition) is 2. The van der Waals surface area contributed by atoms with Crippen molar-refractivity contribution in [2.75, 3.05) is 13.1 Å². The first-order valence-corrected chi connectivity index (χ1v) is 7.82. The van der Waals surface area contributed by atoms with E-state index in [9.17, 15) is 9.18 Å². The van der Waals surface area contributed by atoms with Gasteiger partial charge in [-0.2, -0.15) is 0 Å². The molecule has 0 bridgehead atoms. The number of amides is 1. The van der Waals surface area contributed by atoms with Gasteiger partial charge in [-0.3, -0.25) is 4.79 Å². The quantitative estimate of drug-likeness (QED) is 0.875. The lowest BCUT2D eigenvalue weighted by Crippen LogP contribution is -2.46. The summed E-state index contributed by atoms with van der Waals surface area (Å²) in [4.78, 5) is 12.3. The van der Waals surface area contributed by atoms with Crippen molar-refractivity contribution >= 4 is 5.91 Å². The summed E-state index contributed by atoms with van der Waals surface area (Å²) < 4.78 is 13.0. The van der Waals surface area contributed by atoms with Crippen molar-refractivity contribution in [3.63, 3.8) is 0 Å². The highest BCUT2D eigenvalue weighted by molar-refractivity contribution is 5.79. The monoisotopic (exact) mass is 292 g/mol.